The Morgan fingerprint density at radius 1 is 1.12 bits per heavy atom. The predicted molar refractivity (Wildman–Crippen MR) is 99.8 cm³/mol. The highest BCUT2D eigenvalue weighted by Gasteiger charge is 2.12. The zero-order valence-corrected chi connectivity index (χ0v) is 14.6. The summed E-state index contributed by atoms with van der Waals surface area (Å²) >= 11 is 1.47. The lowest BCUT2D eigenvalue weighted by Crippen LogP contribution is -2.23. The molecule has 0 aliphatic heterocycles. The highest BCUT2D eigenvalue weighted by atomic mass is 32.1. The molecule has 126 valence electrons. The molecule has 1 heterocycles. The number of rotatable bonds is 4. The van der Waals surface area contributed by atoms with Gasteiger partial charge in [0.2, 0.25) is 0 Å². The average molecular weight is 352 g/mol. The summed E-state index contributed by atoms with van der Waals surface area (Å²) in [5, 5.41) is 0.650. The standard InChI is InChI=1S/C19H16N2O3S/c1-21(19-20-15-5-3-4-6-16(15)25-19)17(22)12-9-13-7-10-14(11-8-13)18(23)24-2/h3-12H,1-2H3/b12-9+. The molecule has 0 unspecified atom stereocenters. The van der Waals surface area contributed by atoms with E-state index in [1.165, 1.54) is 29.4 Å². The number of hydrogen-bond donors (Lipinski definition) is 0. The predicted octanol–water partition coefficient (Wildman–Crippen LogP) is 3.76. The van der Waals surface area contributed by atoms with E-state index in [4.69, 9.17) is 0 Å². The fourth-order valence-corrected chi connectivity index (χ4v) is 3.16. The number of thiazole rings is 1. The van der Waals surface area contributed by atoms with Crippen molar-refractivity contribution in [3.8, 4) is 0 Å². The van der Waals surface area contributed by atoms with E-state index in [0.717, 1.165) is 15.8 Å². The Hall–Kier alpha value is -2.99. The number of amides is 1. The molecule has 5 nitrogen and oxygen atoms in total. The number of hydrogen-bond acceptors (Lipinski definition) is 5. The van der Waals surface area contributed by atoms with E-state index in [1.54, 1.807) is 37.4 Å². The van der Waals surface area contributed by atoms with Crippen LogP contribution in [0.1, 0.15) is 15.9 Å². The van der Waals surface area contributed by atoms with Gasteiger partial charge in [-0.2, -0.15) is 0 Å². The summed E-state index contributed by atoms with van der Waals surface area (Å²) in [5.74, 6) is -0.557. The van der Waals surface area contributed by atoms with Crippen molar-refractivity contribution >= 4 is 44.6 Å². The summed E-state index contributed by atoms with van der Waals surface area (Å²) in [4.78, 5) is 29.7. The van der Waals surface area contributed by atoms with Gasteiger partial charge in [0.1, 0.15) is 0 Å². The molecule has 3 rings (SSSR count). The van der Waals surface area contributed by atoms with Gasteiger partial charge in [-0.05, 0) is 35.9 Å². The van der Waals surface area contributed by atoms with Gasteiger partial charge >= 0.3 is 5.97 Å². The number of carbonyl (C=O) groups is 2. The summed E-state index contributed by atoms with van der Waals surface area (Å²) in [6, 6.07) is 14.6. The molecule has 1 aromatic heterocycles. The molecule has 0 aliphatic rings. The van der Waals surface area contributed by atoms with E-state index >= 15 is 0 Å². The maximum Gasteiger partial charge on any atom is 0.337 e. The third-order valence-electron chi connectivity index (χ3n) is 3.65. The monoisotopic (exact) mass is 352 g/mol. The molecular formula is C19H16N2O3S. The van der Waals surface area contributed by atoms with Crippen molar-refractivity contribution in [2.24, 2.45) is 0 Å². The number of likely N-dealkylation sites (N-methyl/N-ethyl adjacent to an activating group) is 1. The van der Waals surface area contributed by atoms with Crippen molar-refractivity contribution in [1.29, 1.82) is 0 Å². The molecule has 0 saturated carbocycles. The first-order valence-electron chi connectivity index (χ1n) is 7.58. The molecule has 25 heavy (non-hydrogen) atoms. The van der Waals surface area contributed by atoms with Crippen molar-refractivity contribution in [1.82, 2.24) is 4.98 Å². The topological polar surface area (TPSA) is 59.5 Å². The van der Waals surface area contributed by atoms with E-state index in [-0.39, 0.29) is 11.9 Å². The largest absolute Gasteiger partial charge is 0.465 e. The smallest absolute Gasteiger partial charge is 0.337 e. The van der Waals surface area contributed by atoms with Crippen LogP contribution in [-0.4, -0.2) is 31.0 Å². The second-order valence-electron chi connectivity index (χ2n) is 5.31. The van der Waals surface area contributed by atoms with E-state index in [2.05, 4.69) is 9.72 Å². The van der Waals surface area contributed by atoms with Gasteiger partial charge in [-0.3, -0.25) is 9.69 Å². The average Bonchev–Trinajstić information content (AvgIpc) is 3.09. The number of ether oxygens (including phenoxy) is 1. The van der Waals surface area contributed by atoms with E-state index in [1.807, 2.05) is 24.3 Å². The zero-order valence-electron chi connectivity index (χ0n) is 13.8. The molecule has 0 radical (unpaired) electrons. The molecule has 0 atom stereocenters. The molecule has 3 aromatic rings. The van der Waals surface area contributed by atoms with Crippen LogP contribution in [0.4, 0.5) is 5.13 Å². The van der Waals surface area contributed by atoms with Gasteiger partial charge in [0.15, 0.2) is 5.13 Å². The Balaban J connectivity index is 1.72. The van der Waals surface area contributed by atoms with Crippen LogP contribution in [0.5, 0.6) is 0 Å². The van der Waals surface area contributed by atoms with Gasteiger partial charge < -0.3 is 4.74 Å². The quantitative estimate of drug-likeness (QED) is 0.530. The minimum atomic E-state index is -0.387. The Bertz CT molecular complexity index is 912. The molecule has 0 fully saturated rings. The summed E-state index contributed by atoms with van der Waals surface area (Å²) in [7, 11) is 3.04. The zero-order chi connectivity index (χ0) is 17.8. The maximum atomic E-state index is 12.3. The fourth-order valence-electron chi connectivity index (χ4n) is 2.23. The van der Waals surface area contributed by atoms with E-state index in [0.29, 0.717) is 10.7 Å². The van der Waals surface area contributed by atoms with Gasteiger partial charge in [-0.25, -0.2) is 9.78 Å². The second-order valence-corrected chi connectivity index (χ2v) is 6.32. The minimum Gasteiger partial charge on any atom is -0.465 e. The van der Waals surface area contributed by atoms with E-state index < -0.39 is 0 Å². The molecule has 0 saturated heterocycles. The summed E-state index contributed by atoms with van der Waals surface area (Å²) in [6.07, 6.45) is 3.19. The van der Waals surface area contributed by atoms with Crippen LogP contribution < -0.4 is 4.90 Å². The number of fused-ring (bicyclic) bond motifs is 1. The number of nitrogens with zero attached hydrogens (tertiary/aromatic N) is 2. The normalized spacial score (nSPS) is 11.0. The number of benzene rings is 2. The molecule has 0 bridgehead atoms. The van der Waals surface area contributed by atoms with Gasteiger partial charge in [-0.1, -0.05) is 35.6 Å². The Labute approximate surface area is 149 Å². The van der Waals surface area contributed by atoms with Crippen molar-refractivity contribution < 1.29 is 14.3 Å². The van der Waals surface area contributed by atoms with Crippen LogP contribution in [0.25, 0.3) is 16.3 Å². The molecular weight excluding hydrogens is 336 g/mol. The van der Waals surface area contributed by atoms with Crippen LogP contribution in [0.15, 0.2) is 54.6 Å². The number of carbonyl (C=O) groups excluding carboxylic acids is 2. The number of anilines is 1. The van der Waals surface area contributed by atoms with Crippen molar-refractivity contribution in [3.63, 3.8) is 0 Å². The Morgan fingerprint density at radius 3 is 2.52 bits per heavy atom. The van der Waals surface area contributed by atoms with Crippen molar-refractivity contribution in [2.45, 2.75) is 0 Å². The Kier molecular flexibility index (Phi) is 4.90. The third kappa shape index (κ3) is 3.75. The van der Waals surface area contributed by atoms with Crippen LogP contribution in [-0.2, 0) is 9.53 Å². The molecule has 0 spiro atoms. The molecule has 2 aromatic carbocycles. The van der Waals surface area contributed by atoms with Crippen molar-refractivity contribution in [3.05, 3.63) is 65.7 Å². The summed E-state index contributed by atoms with van der Waals surface area (Å²) in [5.41, 5.74) is 2.17. The van der Waals surface area contributed by atoms with Gasteiger partial charge in [-0.15, -0.1) is 0 Å². The van der Waals surface area contributed by atoms with Crippen molar-refractivity contribution in [2.75, 3.05) is 19.1 Å². The van der Waals surface area contributed by atoms with Gasteiger partial charge in [0.25, 0.3) is 5.91 Å². The molecule has 0 N–H and O–H groups in total. The highest BCUT2D eigenvalue weighted by Crippen LogP contribution is 2.27. The lowest BCUT2D eigenvalue weighted by molar-refractivity contribution is -0.113. The Morgan fingerprint density at radius 2 is 1.84 bits per heavy atom. The number of aromatic nitrogens is 1. The number of para-hydroxylation sites is 1. The summed E-state index contributed by atoms with van der Waals surface area (Å²) in [6.45, 7) is 0. The second kappa shape index (κ2) is 7.27. The molecule has 1 amide bonds. The SMILES string of the molecule is COC(=O)c1ccc(/C=C/C(=O)N(C)c2nc3ccccc3s2)cc1. The molecule has 6 heteroatoms. The van der Waals surface area contributed by atoms with Crippen LogP contribution in [0.3, 0.4) is 0 Å². The van der Waals surface area contributed by atoms with Crippen LogP contribution >= 0.6 is 11.3 Å². The highest BCUT2D eigenvalue weighted by molar-refractivity contribution is 7.22. The van der Waals surface area contributed by atoms with Crippen LogP contribution in [0, 0.1) is 0 Å². The maximum absolute atomic E-state index is 12.3. The number of methoxy groups -OCH3 is 1. The van der Waals surface area contributed by atoms with E-state index in [9.17, 15) is 9.59 Å². The lowest BCUT2D eigenvalue weighted by Gasteiger charge is -2.10. The molecule has 0 aliphatic carbocycles. The first-order chi connectivity index (χ1) is 12.1. The van der Waals surface area contributed by atoms with Crippen LogP contribution in [0.2, 0.25) is 0 Å². The first-order valence-corrected chi connectivity index (χ1v) is 8.40. The minimum absolute atomic E-state index is 0.170. The van der Waals surface area contributed by atoms with Gasteiger partial charge in [0.05, 0.1) is 22.9 Å². The first kappa shape index (κ1) is 16.9. The van der Waals surface area contributed by atoms with Gasteiger partial charge in [0, 0.05) is 13.1 Å². The number of esters is 1. The lowest BCUT2D eigenvalue weighted by atomic mass is 10.1. The summed E-state index contributed by atoms with van der Waals surface area (Å²) < 4.78 is 5.70. The third-order valence-corrected chi connectivity index (χ3v) is 4.76. The fraction of sp³-hybridized carbons (Fsp3) is 0.105.